The van der Waals surface area contributed by atoms with Gasteiger partial charge in [0.05, 0.1) is 19.9 Å². The molecule has 116 valence electrons. The summed E-state index contributed by atoms with van der Waals surface area (Å²) in [7, 11) is 3.80. The van der Waals surface area contributed by atoms with Gasteiger partial charge in [-0.05, 0) is 13.5 Å². The van der Waals surface area contributed by atoms with E-state index in [1.807, 2.05) is 32.8 Å². The molecule has 1 unspecified atom stereocenters. The van der Waals surface area contributed by atoms with Crippen LogP contribution in [-0.4, -0.2) is 72.9 Å². The SMILES string of the molecule is CC.CN1CN(C)/C(=N/[N+](=O)[O-])N(CC2CCOC2)C1. The van der Waals surface area contributed by atoms with Gasteiger partial charge in [0.2, 0.25) is 0 Å². The van der Waals surface area contributed by atoms with Gasteiger partial charge in [-0.1, -0.05) is 13.8 Å². The van der Waals surface area contributed by atoms with Crippen LogP contribution in [0.4, 0.5) is 0 Å². The van der Waals surface area contributed by atoms with Crippen LogP contribution in [-0.2, 0) is 4.74 Å². The van der Waals surface area contributed by atoms with Gasteiger partial charge in [0.15, 0.2) is 5.03 Å². The number of nitrogens with zero attached hydrogens (tertiary/aromatic N) is 5. The highest BCUT2D eigenvalue weighted by molar-refractivity contribution is 5.79. The van der Waals surface area contributed by atoms with Crippen LogP contribution >= 0.6 is 0 Å². The molecular weight excluding hydrogens is 262 g/mol. The van der Waals surface area contributed by atoms with E-state index in [1.165, 1.54) is 0 Å². The number of ether oxygens (including phenoxy) is 1. The molecule has 0 spiro atoms. The van der Waals surface area contributed by atoms with Crippen LogP contribution < -0.4 is 0 Å². The average molecular weight is 287 g/mol. The molecule has 0 N–H and O–H groups in total. The van der Waals surface area contributed by atoms with Crippen molar-refractivity contribution in [2.45, 2.75) is 20.3 Å². The van der Waals surface area contributed by atoms with Crippen molar-refractivity contribution in [1.82, 2.24) is 14.7 Å². The first kappa shape index (κ1) is 16.6. The second-order valence-corrected chi connectivity index (χ2v) is 4.93. The van der Waals surface area contributed by atoms with Crippen molar-refractivity contribution in [2.24, 2.45) is 11.0 Å². The lowest BCUT2D eigenvalue weighted by Gasteiger charge is -2.40. The van der Waals surface area contributed by atoms with Gasteiger partial charge in [0.1, 0.15) is 5.10 Å². The average Bonchev–Trinajstić information content (AvgIpc) is 2.88. The van der Waals surface area contributed by atoms with Crippen molar-refractivity contribution >= 4 is 5.96 Å². The van der Waals surface area contributed by atoms with Gasteiger partial charge < -0.3 is 14.5 Å². The molecule has 20 heavy (non-hydrogen) atoms. The summed E-state index contributed by atoms with van der Waals surface area (Å²) >= 11 is 0. The summed E-state index contributed by atoms with van der Waals surface area (Å²) in [6.45, 7) is 7.57. The summed E-state index contributed by atoms with van der Waals surface area (Å²) in [5.74, 6) is 0.867. The number of guanidine groups is 1. The number of hydrogen-bond acceptors (Lipinski definition) is 4. The van der Waals surface area contributed by atoms with Crippen molar-refractivity contribution < 1.29 is 9.77 Å². The molecule has 2 aliphatic rings. The van der Waals surface area contributed by atoms with E-state index in [1.54, 1.807) is 4.90 Å². The van der Waals surface area contributed by atoms with Crippen LogP contribution in [0.15, 0.2) is 5.10 Å². The zero-order valence-corrected chi connectivity index (χ0v) is 12.8. The molecule has 1 atom stereocenters. The lowest BCUT2D eigenvalue weighted by molar-refractivity contribution is -0.486. The fraction of sp³-hybridized carbons (Fsp3) is 0.917. The second kappa shape index (κ2) is 8.01. The Morgan fingerprint density at radius 1 is 1.40 bits per heavy atom. The third kappa shape index (κ3) is 4.61. The number of nitro groups is 1. The van der Waals surface area contributed by atoms with E-state index in [2.05, 4.69) is 10.0 Å². The molecule has 0 aliphatic carbocycles. The van der Waals surface area contributed by atoms with Crippen LogP contribution in [0.2, 0.25) is 0 Å². The first-order valence-corrected chi connectivity index (χ1v) is 7.01. The Morgan fingerprint density at radius 3 is 2.65 bits per heavy atom. The van der Waals surface area contributed by atoms with Crippen LogP contribution in [0.1, 0.15) is 20.3 Å². The van der Waals surface area contributed by atoms with E-state index in [4.69, 9.17) is 4.74 Å². The van der Waals surface area contributed by atoms with Crippen molar-refractivity contribution in [3.8, 4) is 0 Å². The molecule has 0 aromatic carbocycles. The Balaban J connectivity index is 0.000000956. The number of hydrogen-bond donors (Lipinski definition) is 0. The summed E-state index contributed by atoms with van der Waals surface area (Å²) in [6, 6.07) is 0. The van der Waals surface area contributed by atoms with E-state index in [0.29, 0.717) is 25.2 Å². The number of hydrazone groups is 1. The minimum Gasteiger partial charge on any atom is -0.381 e. The van der Waals surface area contributed by atoms with Crippen LogP contribution in [0.25, 0.3) is 0 Å². The molecule has 0 saturated carbocycles. The zero-order valence-electron chi connectivity index (χ0n) is 12.8. The Bertz CT molecular complexity index is 344. The summed E-state index contributed by atoms with van der Waals surface area (Å²) in [5.41, 5.74) is 0. The van der Waals surface area contributed by atoms with E-state index < -0.39 is 5.03 Å². The standard InChI is InChI=1S/C10H19N5O3.C2H6/c1-12-7-13(2)10(11-15(16)17)14(8-12)5-9-3-4-18-6-9;1-2/h9H,3-8H2,1-2H3;1-2H3/b11-10-;. The monoisotopic (exact) mass is 287 g/mol. The Morgan fingerprint density at radius 2 is 2.10 bits per heavy atom. The molecule has 0 bridgehead atoms. The van der Waals surface area contributed by atoms with E-state index in [9.17, 15) is 10.1 Å². The first-order valence-electron chi connectivity index (χ1n) is 7.01. The van der Waals surface area contributed by atoms with E-state index >= 15 is 0 Å². The molecular formula is C12H25N5O3. The normalized spacial score (nSPS) is 25.6. The Kier molecular flexibility index (Phi) is 6.66. The largest absolute Gasteiger partial charge is 0.381 e. The van der Waals surface area contributed by atoms with Gasteiger partial charge in [-0.25, -0.2) is 10.1 Å². The van der Waals surface area contributed by atoms with Gasteiger partial charge in [0.25, 0.3) is 5.96 Å². The third-order valence-corrected chi connectivity index (χ3v) is 3.16. The first-order chi connectivity index (χ1) is 9.56. The molecule has 8 nitrogen and oxygen atoms in total. The van der Waals surface area contributed by atoms with Gasteiger partial charge in [-0.2, -0.15) is 0 Å². The molecule has 2 aliphatic heterocycles. The van der Waals surface area contributed by atoms with Gasteiger partial charge in [-0.3, -0.25) is 4.90 Å². The van der Waals surface area contributed by atoms with E-state index in [0.717, 1.165) is 26.2 Å². The fourth-order valence-corrected chi connectivity index (χ4v) is 2.46. The molecule has 2 rings (SSSR count). The van der Waals surface area contributed by atoms with Crippen molar-refractivity contribution in [3.05, 3.63) is 10.1 Å². The lowest BCUT2D eigenvalue weighted by Crippen LogP contribution is -2.57. The smallest absolute Gasteiger partial charge is 0.275 e. The molecule has 0 amide bonds. The van der Waals surface area contributed by atoms with Crippen molar-refractivity contribution in [3.63, 3.8) is 0 Å². The lowest BCUT2D eigenvalue weighted by atomic mass is 10.1. The minimum atomic E-state index is -0.630. The van der Waals surface area contributed by atoms with Gasteiger partial charge >= 0.3 is 0 Å². The molecule has 0 aromatic heterocycles. The Labute approximate surface area is 120 Å². The van der Waals surface area contributed by atoms with Crippen molar-refractivity contribution in [1.29, 1.82) is 0 Å². The molecule has 2 heterocycles. The highest BCUT2D eigenvalue weighted by atomic mass is 16.7. The number of rotatable bonds is 3. The summed E-state index contributed by atoms with van der Waals surface area (Å²) in [4.78, 5) is 16.4. The predicted molar refractivity (Wildman–Crippen MR) is 76.7 cm³/mol. The predicted octanol–water partition coefficient (Wildman–Crippen LogP) is 0.691. The maximum Gasteiger partial charge on any atom is 0.275 e. The topological polar surface area (TPSA) is 74.5 Å². The summed E-state index contributed by atoms with van der Waals surface area (Å²) in [6.07, 6.45) is 1.01. The molecule has 2 saturated heterocycles. The molecule has 8 heteroatoms. The summed E-state index contributed by atoms with van der Waals surface area (Å²) in [5, 5.41) is 13.5. The second-order valence-electron chi connectivity index (χ2n) is 4.93. The third-order valence-electron chi connectivity index (χ3n) is 3.16. The highest BCUT2D eigenvalue weighted by Gasteiger charge is 2.30. The Hall–Kier alpha value is -1.41. The van der Waals surface area contributed by atoms with Crippen LogP contribution in [0.5, 0.6) is 0 Å². The van der Waals surface area contributed by atoms with Gasteiger partial charge in [-0.15, -0.1) is 0 Å². The molecule has 2 fully saturated rings. The van der Waals surface area contributed by atoms with Crippen LogP contribution in [0.3, 0.4) is 0 Å². The quantitative estimate of drug-likeness (QED) is 0.561. The maximum absolute atomic E-state index is 10.6. The molecule has 0 radical (unpaired) electrons. The van der Waals surface area contributed by atoms with Gasteiger partial charge in [0, 0.05) is 26.1 Å². The zero-order chi connectivity index (χ0) is 15.1. The minimum absolute atomic E-state index is 0.432. The van der Waals surface area contributed by atoms with Crippen LogP contribution in [0, 0.1) is 16.0 Å². The fourth-order valence-electron chi connectivity index (χ4n) is 2.46. The molecule has 0 aromatic rings. The summed E-state index contributed by atoms with van der Waals surface area (Å²) < 4.78 is 5.34. The van der Waals surface area contributed by atoms with Crippen molar-refractivity contribution in [2.75, 3.05) is 47.2 Å². The highest BCUT2D eigenvalue weighted by Crippen LogP contribution is 2.17. The maximum atomic E-state index is 10.6. The van der Waals surface area contributed by atoms with E-state index in [-0.39, 0.29) is 0 Å².